The molecule has 1 aromatic carbocycles. The van der Waals surface area contributed by atoms with Gasteiger partial charge in [0, 0.05) is 53.4 Å². The van der Waals surface area contributed by atoms with Crippen LogP contribution in [0.5, 0.6) is 0 Å². The highest BCUT2D eigenvalue weighted by atomic mass is 35.5. The Morgan fingerprint density at radius 2 is 2.00 bits per heavy atom. The van der Waals surface area contributed by atoms with Gasteiger partial charge in [0.2, 0.25) is 0 Å². The van der Waals surface area contributed by atoms with Crippen LogP contribution in [0.1, 0.15) is 44.2 Å². The lowest BCUT2D eigenvalue weighted by molar-refractivity contribution is 0.0721. The average Bonchev–Trinajstić information content (AvgIpc) is 3.49. The number of ether oxygens (including phenoxy) is 1. The van der Waals surface area contributed by atoms with Crippen molar-refractivity contribution >= 4 is 51.7 Å². The van der Waals surface area contributed by atoms with Crippen molar-refractivity contribution < 1.29 is 19.1 Å². The molecule has 3 aromatic rings. The maximum Gasteiger partial charge on any atom is 0.409 e. The number of piperidine rings is 1. The third-order valence-electron chi connectivity index (χ3n) is 6.72. The van der Waals surface area contributed by atoms with Gasteiger partial charge in [-0.3, -0.25) is 9.59 Å². The number of amides is 3. The second kappa shape index (κ2) is 10.7. The summed E-state index contributed by atoms with van der Waals surface area (Å²) >= 11 is 7.47. The summed E-state index contributed by atoms with van der Waals surface area (Å²) in [5, 5.41) is 7.88. The largest absolute Gasteiger partial charge is 0.450 e. The van der Waals surface area contributed by atoms with Crippen LogP contribution < -0.4 is 10.6 Å². The Kier molecular flexibility index (Phi) is 7.36. The van der Waals surface area contributed by atoms with Crippen molar-refractivity contribution in [2.24, 2.45) is 0 Å². The summed E-state index contributed by atoms with van der Waals surface area (Å²) in [6, 6.07) is 6.20. The monoisotopic (exact) mass is 544 g/mol. The standard InChI is InChI=1S/C25H29ClN6O4S/c1-3-36-25(35)32-9-7-17(28-22(33)19-11-14-10-15(26)4-5-16(14)27-19)20(12-32)29-23(34)24-30-18-6-8-31(2)13-21(18)37-24/h4-5,10-11,17,20,27H,3,6-9,12-13H2,1-2H3,(H,28,33)(H,29,34)/t17-,20+/m0/s1. The van der Waals surface area contributed by atoms with Gasteiger partial charge < -0.3 is 30.2 Å². The van der Waals surface area contributed by atoms with Crippen molar-refractivity contribution in [2.45, 2.75) is 38.4 Å². The van der Waals surface area contributed by atoms with Crippen molar-refractivity contribution in [3.63, 3.8) is 0 Å². The average molecular weight is 545 g/mol. The molecule has 1 fully saturated rings. The number of benzene rings is 1. The van der Waals surface area contributed by atoms with Crippen molar-refractivity contribution in [3.8, 4) is 0 Å². The van der Waals surface area contributed by atoms with Gasteiger partial charge in [-0.05, 0) is 44.7 Å². The van der Waals surface area contributed by atoms with Crippen LogP contribution in [0, 0.1) is 0 Å². The SMILES string of the molecule is CCOC(=O)N1CC[C@H](NC(=O)c2cc3cc(Cl)ccc3[nH]2)[C@H](NC(=O)c2nc3c(s2)CN(C)CC3)C1. The fraction of sp³-hybridized carbons (Fsp3) is 0.440. The fourth-order valence-electron chi connectivity index (χ4n) is 4.77. The zero-order valence-electron chi connectivity index (χ0n) is 20.7. The van der Waals surface area contributed by atoms with Crippen LogP contribution in [0.15, 0.2) is 24.3 Å². The number of carbonyl (C=O) groups is 3. The minimum atomic E-state index is -0.517. The normalized spacial score (nSPS) is 19.9. The van der Waals surface area contributed by atoms with E-state index in [0.717, 1.165) is 41.0 Å². The zero-order valence-corrected chi connectivity index (χ0v) is 22.2. The van der Waals surface area contributed by atoms with E-state index in [1.54, 1.807) is 30.0 Å². The summed E-state index contributed by atoms with van der Waals surface area (Å²) in [5.74, 6) is -0.605. The van der Waals surface area contributed by atoms with E-state index in [-0.39, 0.29) is 25.0 Å². The molecule has 12 heteroatoms. The highest BCUT2D eigenvalue weighted by Gasteiger charge is 2.35. The highest BCUT2D eigenvalue weighted by molar-refractivity contribution is 7.13. The quantitative estimate of drug-likeness (QED) is 0.454. The lowest BCUT2D eigenvalue weighted by Gasteiger charge is -2.38. The number of thiazole rings is 1. The number of H-pyrrole nitrogens is 1. The van der Waals surface area contributed by atoms with Gasteiger partial charge in [-0.15, -0.1) is 11.3 Å². The van der Waals surface area contributed by atoms with Crippen molar-refractivity contribution in [1.82, 2.24) is 30.4 Å². The first-order valence-electron chi connectivity index (χ1n) is 12.3. The number of halogens is 1. The number of aromatic nitrogens is 2. The number of nitrogens with zero attached hydrogens (tertiary/aromatic N) is 3. The Bertz CT molecular complexity index is 1340. The van der Waals surface area contributed by atoms with Gasteiger partial charge in [0.1, 0.15) is 5.69 Å². The van der Waals surface area contributed by atoms with Gasteiger partial charge in [-0.25, -0.2) is 9.78 Å². The summed E-state index contributed by atoms with van der Waals surface area (Å²) in [6.45, 7) is 4.30. The molecule has 0 saturated carbocycles. The Hall–Kier alpha value is -3.15. The third-order valence-corrected chi connectivity index (χ3v) is 8.03. The van der Waals surface area contributed by atoms with Crippen LogP contribution in [0.4, 0.5) is 4.79 Å². The Labute approximate surface area is 223 Å². The van der Waals surface area contributed by atoms with Gasteiger partial charge in [-0.1, -0.05) is 11.6 Å². The summed E-state index contributed by atoms with van der Waals surface area (Å²) in [4.78, 5) is 51.3. The molecule has 3 amide bonds. The Morgan fingerprint density at radius 3 is 2.81 bits per heavy atom. The molecule has 2 aliphatic rings. The molecule has 0 bridgehead atoms. The second-order valence-corrected chi connectivity index (χ2v) is 10.9. The number of fused-ring (bicyclic) bond motifs is 2. The van der Waals surface area contributed by atoms with E-state index in [1.807, 2.05) is 13.1 Å². The summed E-state index contributed by atoms with van der Waals surface area (Å²) in [6.07, 6.45) is 0.830. The number of nitrogens with one attached hydrogen (secondary N) is 3. The third kappa shape index (κ3) is 5.58. The van der Waals surface area contributed by atoms with E-state index in [2.05, 4.69) is 25.5 Å². The van der Waals surface area contributed by atoms with Crippen LogP contribution in [0.3, 0.4) is 0 Å². The molecule has 0 unspecified atom stereocenters. The van der Waals surface area contributed by atoms with E-state index < -0.39 is 18.2 Å². The summed E-state index contributed by atoms with van der Waals surface area (Å²) in [7, 11) is 2.05. The Morgan fingerprint density at radius 1 is 1.19 bits per heavy atom. The number of likely N-dealkylation sites (tertiary alicyclic amines) is 1. The van der Waals surface area contributed by atoms with Crippen LogP contribution in [-0.4, -0.2) is 83.0 Å². The molecule has 2 atom stereocenters. The maximum atomic E-state index is 13.2. The van der Waals surface area contributed by atoms with E-state index in [4.69, 9.17) is 16.3 Å². The smallest absolute Gasteiger partial charge is 0.409 e. The lowest BCUT2D eigenvalue weighted by Crippen LogP contribution is -2.61. The Balaban J connectivity index is 1.33. The molecule has 0 aliphatic carbocycles. The molecule has 37 heavy (non-hydrogen) atoms. The molecule has 2 aliphatic heterocycles. The molecular weight excluding hydrogens is 516 g/mol. The topological polar surface area (TPSA) is 120 Å². The predicted molar refractivity (Wildman–Crippen MR) is 141 cm³/mol. The van der Waals surface area contributed by atoms with Crippen LogP contribution in [-0.2, 0) is 17.7 Å². The molecule has 196 valence electrons. The van der Waals surface area contributed by atoms with E-state index in [9.17, 15) is 14.4 Å². The lowest BCUT2D eigenvalue weighted by atomic mass is 9.99. The summed E-state index contributed by atoms with van der Waals surface area (Å²) < 4.78 is 5.17. The van der Waals surface area contributed by atoms with Gasteiger partial charge in [0.05, 0.1) is 24.4 Å². The van der Waals surface area contributed by atoms with Crippen LogP contribution in [0.25, 0.3) is 10.9 Å². The molecule has 2 aromatic heterocycles. The first-order valence-corrected chi connectivity index (χ1v) is 13.5. The van der Waals surface area contributed by atoms with E-state index >= 15 is 0 Å². The van der Waals surface area contributed by atoms with Crippen LogP contribution >= 0.6 is 22.9 Å². The maximum absolute atomic E-state index is 13.2. The fourth-order valence-corrected chi connectivity index (χ4v) is 6.05. The van der Waals surface area contributed by atoms with Gasteiger partial charge in [-0.2, -0.15) is 0 Å². The molecule has 3 N–H and O–H groups in total. The molecule has 4 heterocycles. The molecule has 0 spiro atoms. The van der Waals surface area contributed by atoms with Gasteiger partial charge >= 0.3 is 6.09 Å². The van der Waals surface area contributed by atoms with E-state index in [0.29, 0.717) is 28.7 Å². The number of hydrogen-bond donors (Lipinski definition) is 3. The van der Waals surface area contributed by atoms with Gasteiger partial charge in [0.25, 0.3) is 11.8 Å². The predicted octanol–water partition coefficient (Wildman–Crippen LogP) is 3.02. The second-order valence-electron chi connectivity index (χ2n) is 9.38. The molecule has 5 rings (SSSR count). The number of likely N-dealkylation sites (N-methyl/N-ethyl adjacent to an activating group) is 1. The molecule has 0 radical (unpaired) electrons. The number of carbonyl (C=O) groups excluding carboxylic acids is 3. The molecular formula is C25H29ClN6O4S. The highest BCUT2D eigenvalue weighted by Crippen LogP contribution is 2.25. The van der Waals surface area contributed by atoms with Gasteiger partial charge in [0.15, 0.2) is 5.01 Å². The number of hydrogen-bond acceptors (Lipinski definition) is 7. The van der Waals surface area contributed by atoms with Crippen molar-refractivity contribution in [3.05, 3.63) is 50.6 Å². The van der Waals surface area contributed by atoms with Crippen LogP contribution in [0.2, 0.25) is 5.02 Å². The number of rotatable bonds is 5. The molecule has 10 nitrogen and oxygen atoms in total. The molecule has 1 saturated heterocycles. The summed E-state index contributed by atoms with van der Waals surface area (Å²) in [5.41, 5.74) is 2.16. The minimum Gasteiger partial charge on any atom is -0.450 e. The minimum absolute atomic E-state index is 0.214. The van der Waals surface area contributed by atoms with E-state index in [1.165, 1.54) is 11.3 Å². The first-order chi connectivity index (χ1) is 17.8. The van der Waals surface area contributed by atoms with Crippen molar-refractivity contribution in [1.29, 1.82) is 0 Å². The first kappa shape index (κ1) is 25.5. The van der Waals surface area contributed by atoms with Crippen molar-refractivity contribution in [2.75, 3.05) is 33.3 Å². The zero-order chi connectivity index (χ0) is 26.1. The number of aromatic amines is 1.